The highest BCUT2D eigenvalue weighted by atomic mass is 79.9. The predicted molar refractivity (Wildman–Crippen MR) is 126 cm³/mol. The van der Waals surface area contributed by atoms with E-state index in [4.69, 9.17) is 11.6 Å². The fraction of sp³-hybridized carbons (Fsp3) is 0.520. The topological polar surface area (TPSA) is 3.24 Å². The summed E-state index contributed by atoms with van der Waals surface area (Å²) in [4.78, 5) is 2.29. The molecule has 1 aliphatic carbocycles. The first-order chi connectivity index (χ1) is 14.9. The summed E-state index contributed by atoms with van der Waals surface area (Å²) in [5, 5.41) is 0.687. The lowest BCUT2D eigenvalue weighted by molar-refractivity contribution is -0.137. The molecule has 1 atom stereocenters. The highest BCUT2D eigenvalue weighted by molar-refractivity contribution is 9.09. The van der Waals surface area contributed by atoms with Crippen LogP contribution >= 0.6 is 27.5 Å². The van der Waals surface area contributed by atoms with Gasteiger partial charge in [0.15, 0.2) is 0 Å². The van der Waals surface area contributed by atoms with E-state index in [-0.39, 0.29) is 5.02 Å². The van der Waals surface area contributed by atoms with Crippen LogP contribution in [0.5, 0.6) is 0 Å². The molecule has 1 aliphatic rings. The van der Waals surface area contributed by atoms with E-state index in [2.05, 4.69) is 45.1 Å². The average molecular weight is 517 g/mol. The Morgan fingerprint density at radius 3 is 2.35 bits per heavy atom. The Hall–Kier alpha value is -1.04. The van der Waals surface area contributed by atoms with Crippen LogP contribution in [0.4, 0.5) is 13.2 Å². The standard InChI is InChI=1S/C25H30BrClF3N/c26-15-8-16-31(17-21-13-7-14-23(24(21)27)25(28,29)30)18-22(19-9-3-1-4-10-19)20-11-5-2-6-12-20/h1,3-4,7,9-10,13-14,20,22H,2,5-6,8,11-12,15-18H2. The van der Waals surface area contributed by atoms with Crippen LogP contribution in [0.1, 0.15) is 61.1 Å². The van der Waals surface area contributed by atoms with E-state index >= 15 is 0 Å². The number of alkyl halides is 4. The van der Waals surface area contributed by atoms with Crippen LogP contribution in [0.3, 0.4) is 0 Å². The summed E-state index contributed by atoms with van der Waals surface area (Å²) in [6, 6.07) is 14.8. The lowest BCUT2D eigenvalue weighted by Crippen LogP contribution is -2.33. The zero-order chi connectivity index (χ0) is 22.3. The van der Waals surface area contributed by atoms with Gasteiger partial charge in [-0.25, -0.2) is 0 Å². The van der Waals surface area contributed by atoms with Gasteiger partial charge in [-0.05, 0) is 54.8 Å². The molecule has 0 bridgehead atoms. The molecule has 3 rings (SSSR count). The quantitative estimate of drug-likeness (QED) is 0.303. The second-order valence-corrected chi connectivity index (χ2v) is 9.64. The minimum atomic E-state index is -4.44. The van der Waals surface area contributed by atoms with Gasteiger partial charge in [-0.1, -0.05) is 89.3 Å². The molecule has 1 nitrogen and oxygen atoms in total. The maximum absolute atomic E-state index is 13.3. The summed E-state index contributed by atoms with van der Waals surface area (Å²) >= 11 is 9.72. The van der Waals surface area contributed by atoms with E-state index in [0.29, 0.717) is 23.9 Å². The zero-order valence-electron chi connectivity index (χ0n) is 17.7. The van der Waals surface area contributed by atoms with Gasteiger partial charge >= 0.3 is 6.18 Å². The Bertz CT molecular complexity index is 806. The van der Waals surface area contributed by atoms with E-state index in [1.54, 1.807) is 6.07 Å². The van der Waals surface area contributed by atoms with Crippen molar-refractivity contribution in [3.05, 3.63) is 70.2 Å². The molecular formula is C25H30BrClF3N. The van der Waals surface area contributed by atoms with E-state index in [1.165, 1.54) is 43.7 Å². The Morgan fingerprint density at radius 2 is 1.71 bits per heavy atom. The molecule has 0 radical (unpaired) electrons. The third kappa shape index (κ3) is 6.97. The minimum Gasteiger partial charge on any atom is -0.298 e. The molecule has 0 spiro atoms. The van der Waals surface area contributed by atoms with Gasteiger partial charge in [-0.3, -0.25) is 4.90 Å². The van der Waals surface area contributed by atoms with E-state index in [9.17, 15) is 13.2 Å². The molecule has 31 heavy (non-hydrogen) atoms. The normalized spacial score (nSPS) is 16.6. The first kappa shape index (κ1) is 24.6. The lowest BCUT2D eigenvalue weighted by Gasteiger charge is -2.35. The molecule has 1 unspecified atom stereocenters. The smallest absolute Gasteiger partial charge is 0.298 e. The van der Waals surface area contributed by atoms with Gasteiger partial charge in [0.25, 0.3) is 0 Å². The van der Waals surface area contributed by atoms with Gasteiger partial charge in [0.1, 0.15) is 0 Å². The van der Waals surface area contributed by atoms with E-state index in [0.717, 1.165) is 30.9 Å². The number of hydrogen-bond donors (Lipinski definition) is 0. The molecule has 0 saturated heterocycles. The van der Waals surface area contributed by atoms with E-state index in [1.807, 2.05) is 6.07 Å². The summed E-state index contributed by atoms with van der Waals surface area (Å²) in [6.07, 6.45) is 2.74. The minimum absolute atomic E-state index is 0.173. The van der Waals surface area contributed by atoms with Crippen LogP contribution in [0.25, 0.3) is 0 Å². The summed E-state index contributed by atoms with van der Waals surface area (Å²) < 4.78 is 40.0. The van der Waals surface area contributed by atoms with Crippen molar-refractivity contribution in [2.75, 3.05) is 18.4 Å². The molecule has 0 aliphatic heterocycles. The second-order valence-electron chi connectivity index (χ2n) is 8.47. The summed E-state index contributed by atoms with van der Waals surface area (Å²) in [5.41, 5.74) is 1.12. The van der Waals surface area contributed by atoms with Gasteiger partial charge in [0.2, 0.25) is 0 Å². The lowest BCUT2D eigenvalue weighted by atomic mass is 9.76. The molecule has 0 aromatic heterocycles. The summed E-state index contributed by atoms with van der Waals surface area (Å²) in [7, 11) is 0. The molecule has 0 N–H and O–H groups in total. The molecular weight excluding hydrogens is 487 g/mol. The van der Waals surface area contributed by atoms with Crippen molar-refractivity contribution < 1.29 is 13.2 Å². The molecule has 0 heterocycles. The maximum atomic E-state index is 13.3. The molecule has 6 heteroatoms. The first-order valence-corrected chi connectivity index (χ1v) is 12.6. The maximum Gasteiger partial charge on any atom is 0.417 e. The van der Waals surface area contributed by atoms with Crippen LogP contribution < -0.4 is 0 Å². The highest BCUT2D eigenvalue weighted by Gasteiger charge is 2.34. The van der Waals surface area contributed by atoms with Crippen LogP contribution in [-0.4, -0.2) is 23.3 Å². The molecule has 2 aromatic rings. The number of halogens is 5. The summed E-state index contributed by atoms with van der Waals surface area (Å²) in [6.45, 7) is 2.06. The fourth-order valence-electron chi connectivity index (χ4n) is 4.72. The van der Waals surface area contributed by atoms with Crippen molar-refractivity contribution in [1.82, 2.24) is 4.90 Å². The Morgan fingerprint density at radius 1 is 1.00 bits per heavy atom. The van der Waals surface area contributed by atoms with Crippen molar-refractivity contribution in [1.29, 1.82) is 0 Å². The Labute approximate surface area is 197 Å². The molecule has 0 amide bonds. The van der Waals surface area contributed by atoms with Crippen LogP contribution in [0, 0.1) is 5.92 Å². The SMILES string of the molecule is FC(F)(F)c1cccc(CN(CCCBr)CC(c2ccccc2)C2CCCCC2)c1Cl. The number of rotatable bonds is 9. The first-order valence-electron chi connectivity index (χ1n) is 11.1. The predicted octanol–water partition coefficient (Wildman–Crippen LogP) is 8.31. The van der Waals surface area contributed by atoms with Crippen LogP contribution in [0.15, 0.2) is 48.5 Å². The van der Waals surface area contributed by atoms with Crippen molar-refractivity contribution in [2.24, 2.45) is 5.92 Å². The third-order valence-electron chi connectivity index (χ3n) is 6.29. The highest BCUT2D eigenvalue weighted by Crippen LogP contribution is 2.39. The third-order valence-corrected chi connectivity index (χ3v) is 7.29. The fourth-order valence-corrected chi connectivity index (χ4v) is 5.27. The zero-order valence-corrected chi connectivity index (χ0v) is 20.0. The monoisotopic (exact) mass is 515 g/mol. The second kappa shape index (κ2) is 11.7. The number of nitrogens with zero attached hydrogens (tertiary/aromatic N) is 1. The van der Waals surface area contributed by atoms with Crippen LogP contribution in [0.2, 0.25) is 5.02 Å². The van der Waals surface area contributed by atoms with Crippen LogP contribution in [-0.2, 0) is 12.7 Å². The van der Waals surface area contributed by atoms with Gasteiger partial charge in [-0.15, -0.1) is 0 Å². The van der Waals surface area contributed by atoms with Gasteiger partial charge in [0, 0.05) is 18.4 Å². The Balaban J connectivity index is 1.85. The molecule has 1 fully saturated rings. The number of hydrogen-bond acceptors (Lipinski definition) is 1. The largest absolute Gasteiger partial charge is 0.417 e. The van der Waals surface area contributed by atoms with Gasteiger partial charge < -0.3 is 0 Å². The van der Waals surface area contributed by atoms with Crippen molar-refractivity contribution >= 4 is 27.5 Å². The molecule has 2 aromatic carbocycles. The summed E-state index contributed by atoms with van der Waals surface area (Å²) in [5.74, 6) is 0.987. The van der Waals surface area contributed by atoms with Crippen molar-refractivity contribution in [3.63, 3.8) is 0 Å². The molecule has 1 saturated carbocycles. The number of benzene rings is 2. The van der Waals surface area contributed by atoms with Crippen molar-refractivity contribution in [2.45, 2.75) is 57.2 Å². The van der Waals surface area contributed by atoms with E-state index < -0.39 is 11.7 Å². The van der Waals surface area contributed by atoms with Crippen molar-refractivity contribution in [3.8, 4) is 0 Å². The average Bonchev–Trinajstić information content (AvgIpc) is 2.77. The van der Waals surface area contributed by atoms with Gasteiger partial charge in [0.05, 0.1) is 10.6 Å². The van der Waals surface area contributed by atoms with Gasteiger partial charge in [-0.2, -0.15) is 13.2 Å². The molecule has 170 valence electrons. The Kier molecular flexibility index (Phi) is 9.30.